The standard InChI is InChI=1S/C11H17N2O7P/c1-3-7-8(20-21(16,17)18-2)6-10(19-7)13-5-4-9(14)12-11(13)15/h4-5,7-8,10H,3,6H2,1-2H3,(H,16,17)(H,12,14,15)/t7-,8-,10-/m1/s1. The monoisotopic (exact) mass is 320 g/mol. The highest BCUT2D eigenvalue weighted by atomic mass is 31.2. The molecule has 0 bridgehead atoms. The number of phosphoric acid groups is 1. The lowest BCUT2D eigenvalue weighted by molar-refractivity contribution is -0.0222. The summed E-state index contributed by atoms with van der Waals surface area (Å²) in [6.07, 6.45) is 0.220. The zero-order chi connectivity index (χ0) is 15.6. The van der Waals surface area contributed by atoms with Crippen molar-refractivity contribution in [3.63, 3.8) is 0 Å². The van der Waals surface area contributed by atoms with Crippen LogP contribution in [0.3, 0.4) is 0 Å². The van der Waals surface area contributed by atoms with Gasteiger partial charge in [-0.05, 0) is 6.42 Å². The Balaban J connectivity index is 2.20. The van der Waals surface area contributed by atoms with Crippen LogP contribution in [0.15, 0.2) is 21.9 Å². The Morgan fingerprint density at radius 3 is 2.86 bits per heavy atom. The van der Waals surface area contributed by atoms with Gasteiger partial charge in [-0.2, -0.15) is 0 Å². The van der Waals surface area contributed by atoms with Gasteiger partial charge < -0.3 is 9.63 Å². The van der Waals surface area contributed by atoms with E-state index in [1.165, 1.54) is 16.8 Å². The molecule has 2 heterocycles. The third kappa shape index (κ3) is 3.69. The molecular weight excluding hydrogens is 303 g/mol. The zero-order valence-corrected chi connectivity index (χ0v) is 12.5. The lowest BCUT2D eigenvalue weighted by Crippen LogP contribution is -2.31. The highest BCUT2D eigenvalue weighted by Gasteiger charge is 2.40. The van der Waals surface area contributed by atoms with Gasteiger partial charge in [0.2, 0.25) is 0 Å². The number of nitrogens with one attached hydrogen (secondary N) is 1. The predicted molar refractivity (Wildman–Crippen MR) is 71.8 cm³/mol. The van der Waals surface area contributed by atoms with Crippen LogP contribution < -0.4 is 11.2 Å². The van der Waals surface area contributed by atoms with E-state index in [2.05, 4.69) is 9.51 Å². The highest BCUT2D eigenvalue weighted by Crippen LogP contribution is 2.47. The Hall–Kier alpha value is -1.25. The summed E-state index contributed by atoms with van der Waals surface area (Å²) in [5.41, 5.74) is -1.12. The molecule has 1 aliphatic heterocycles. The van der Waals surface area contributed by atoms with E-state index in [1.807, 2.05) is 6.92 Å². The molecule has 1 saturated heterocycles. The molecule has 10 heteroatoms. The Morgan fingerprint density at radius 2 is 2.29 bits per heavy atom. The lowest BCUT2D eigenvalue weighted by Gasteiger charge is -2.18. The average Bonchev–Trinajstić information content (AvgIpc) is 2.80. The third-order valence-electron chi connectivity index (χ3n) is 3.24. The maximum Gasteiger partial charge on any atom is 0.472 e. The molecule has 0 saturated carbocycles. The summed E-state index contributed by atoms with van der Waals surface area (Å²) < 4.78 is 27.8. The molecule has 2 N–H and O–H groups in total. The Kier molecular flexibility index (Phi) is 4.80. The van der Waals surface area contributed by atoms with Crippen molar-refractivity contribution in [1.82, 2.24) is 9.55 Å². The van der Waals surface area contributed by atoms with Crippen molar-refractivity contribution in [3.05, 3.63) is 33.1 Å². The fourth-order valence-corrected chi connectivity index (χ4v) is 2.86. The largest absolute Gasteiger partial charge is 0.472 e. The van der Waals surface area contributed by atoms with Crippen molar-refractivity contribution >= 4 is 7.82 Å². The van der Waals surface area contributed by atoms with Gasteiger partial charge in [-0.25, -0.2) is 9.36 Å². The van der Waals surface area contributed by atoms with Crippen LogP contribution >= 0.6 is 7.82 Å². The molecule has 1 aliphatic rings. The Bertz CT molecular complexity index is 654. The van der Waals surface area contributed by atoms with Crippen molar-refractivity contribution in [2.45, 2.75) is 38.2 Å². The molecule has 1 aromatic rings. The number of aromatic amines is 1. The number of hydrogen-bond acceptors (Lipinski definition) is 6. The predicted octanol–water partition coefficient (Wildman–Crippen LogP) is 0.366. The van der Waals surface area contributed by atoms with Gasteiger partial charge in [-0.1, -0.05) is 6.92 Å². The van der Waals surface area contributed by atoms with Gasteiger partial charge in [0, 0.05) is 25.8 Å². The van der Waals surface area contributed by atoms with Crippen LogP contribution in [0.5, 0.6) is 0 Å². The molecule has 4 atom stereocenters. The van der Waals surface area contributed by atoms with E-state index in [1.54, 1.807) is 0 Å². The lowest BCUT2D eigenvalue weighted by atomic mass is 10.1. The number of nitrogens with zero attached hydrogens (tertiary/aromatic N) is 1. The van der Waals surface area contributed by atoms with Gasteiger partial charge in [0.1, 0.15) is 6.23 Å². The van der Waals surface area contributed by atoms with Gasteiger partial charge in [0.05, 0.1) is 12.2 Å². The maximum absolute atomic E-state index is 11.7. The van der Waals surface area contributed by atoms with E-state index in [0.29, 0.717) is 6.42 Å². The van der Waals surface area contributed by atoms with Crippen LogP contribution in [0.25, 0.3) is 0 Å². The zero-order valence-electron chi connectivity index (χ0n) is 11.6. The average molecular weight is 320 g/mol. The topological polar surface area (TPSA) is 120 Å². The minimum atomic E-state index is -4.14. The van der Waals surface area contributed by atoms with Gasteiger partial charge in [-0.15, -0.1) is 0 Å². The molecular formula is C11H17N2O7P. The second-order valence-electron chi connectivity index (χ2n) is 4.59. The number of rotatable bonds is 5. The smallest absolute Gasteiger partial charge is 0.352 e. The summed E-state index contributed by atoms with van der Waals surface area (Å²) in [6.45, 7) is 1.83. The van der Waals surface area contributed by atoms with Crippen LogP contribution in [0.4, 0.5) is 0 Å². The third-order valence-corrected chi connectivity index (χ3v) is 4.24. The molecule has 9 nitrogen and oxygen atoms in total. The number of aromatic nitrogens is 2. The fraction of sp³-hybridized carbons (Fsp3) is 0.636. The molecule has 1 fully saturated rings. The Labute approximate surface area is 120 Å². The quantitative estimate of drug-likeness (QED) is 0.752. The van der Waals surface area contributed by atoms with E-state index in [4.69, 9.17) is 9.26 Å². The Morgan fingerprint density at radius 1 is 1.57 bits per heavy atom. The summed E-state index contributed by atoms with van der Waals surface area (Å²) >= 11 is 0. The summed E-state index contributed by atoms with van der Waals surface area (Å²) in [4.78, 5) is 34.3. The summed E-state index contributed by atoms with van der Waals surface area (Å²) in [5.74, 6) is 0. The molecule has 1 aromatic heterocycles. The molecule has 0 spiro atoms. The van der Waals surface area contributed by atoms with Crippen molar-refractivity contribution in [1.29, 1.82) is 0 Å². The first kappa shape index (κ1) is 16.1. The van der Waals surface area contributed by atoms with Crippen LogP contribution in [0.1, 0.15) is 26.0 Å². The maximum atomic E-state index is 11.7. The SMILES string of the molecule is CC[C@H]1O[C@@H](n2ccc(=O)[nH]c2=O)C[C@H]1OP(=O)(O)OC. The van der Waals surface area contributed by atoms with E-state index in [-0.39, 0.29) is 6.42 Å². The van der Waals surface area contributed by atoms with E-state index in [0.717, 1.165) is 7.11 Å². The molecule has 21 heavy (non-hydrogen) atoms. The van der Waals surface area contributed by atoms with Crippen molar-refractivity contribution in [2.24, 2.45) is 0 Å². The van der Waals surface area contributed by atoms with Crippen LogP contribution in [-0.4, -0.2) is 33.8 Å². The van der Waals surface area contributed by atoms with Crippen LogP contribution in [0.2, 0.25) is 0 Å². The second kappa shape index (κ2) is 6.25. The number of hydrogen-bond donors (Lipinski definition) is 2. The van der Waals surface area contributed by atoms with Gasteiger partial charge in [0.25, 0.3) is 5.56 Å². The van der Waals surface area contributed by atoms with Crippen molar-refractivity contribution in [3.8, 4) is 0 Å². The summed E-state index contributed by atoms with van der Waals surface area (Å²) in [7, 11) is -3.07. The highest BCUT2D eigenvalue weighted by molar-refractivity contribution is 7.47. The molecule has 0 amide bonds. The molecule has 0 aliphatic carbocycles. The normalized spacial score (nSPS) is 28.4. The van der Waals surface area contributed by atoms with E-state index in [9.17, 15) is 19.0 Å². The van der Waals surface area contributed by atoms with Gasteiger partial charge >= 0.3 is 13.5 Å². The van der Waals surface area contributed by atoms with E-state index >= 15 is 0 Å². The molecule has 118 valence electrons. The van der Waals surface area contributed by atoms with Gasteiger partial charge in [0.15, 0.2) is 0 Å². The number of phosphoric ester groups is 1. The van der Waals surface area contributed by atoms with E-state index < -0.39 is 37.5 Å². The number of ether oxygens (including phenoxy) is 1. The fourth-order valence-electron chi connectivity index (χ4n) is 2.21. The second-order valence-corrected chi connectivity index (χ2v) is 6.10. The summed E-state index contributed by atoms with van der Waals surface area (Å²) in [5, 5.41) is 0. The van der Waals surface area contributed by atoms with Crippen LogP contribution in [0, 0.1) is 0 Å². The van der Waals surface area contributed by atoms with Crippen molar-refractivity contribution < 1.29 is 23.2 Å². The van der Waals surface area contributed by atoms with Crippen molar-refractivity contribution in [2.75, 3.05) is 7.11 Å². The minimum absolute atomic E-state index is 0.193. The van der Waals surface area contributed by atoms with Gasteiger partial charge in [-0.3, -0.25) is 23.4 Å². The molecule has 1 unspecified atom stereocenters. The van der Waals surface area contributed by atoms with Crippen LogP contribution in [-0.2, 0) is 18.3 Å². The number of H-pyrrole nitrogens is 1. The molecule has 0 radical (unpaired) electrons. The first-order chi connectivity index (χ1) is 9.86. The minimum Gasteiger partial charge on any atom is -0.352 e. The summed E-state index contributed by atoms with van der Waals surface area (Å²) in [6, 6.07) is 1.20. The molecule has 0 aromatic carbocycles. The first-order valence-electron chi connectivity index (χ1n) is 6.40. The first-order valence-corrected chi connectivity index (χ1v) is 7.89. The molecule has 2 rings (SSSR count).